The van der Waals surface area contributed by atoms with Gasteiger partial charge < -0.3 is 10.2 Å². The number of sulfonamides is 1. The molecule has 0 fully saturated rings. The first-order chi connectivity index (χ1) is 19.1. The van der Waals surface area contributed by atoms with Crippen LogP contribution in [0.1, 0.15) is 44.7 Å². The van der Waals surface area contributed by atoms with Crippen molar-refractivity contribution in [3.05, 3.63) is 95.0 Å². The number of rotatable bonds is 13. The number of carbonyl (C=O) groups is 2. The number of carbonyl (C=O) groups excluding carboxylic acids is 2. The molecular weight excluding hydrogens is 546 g/mol. The van der Waals surface area contributed by atoms with Crippen molar-refractivity contribution < 1.29 is 18.0 Å². The molecule has 0 saturated carbocycles. The molecule has 1 N–H and O–H groups in total. The second-order valence-electron chi connectivity index (χ2n) is 9.77. The Morgan fingerprint density at radius 1 is 0.900 bits per heavy atom. The molecule has 3 aromatic rings. The summed E-state index contributed by atoms with van der Waals surface area (Å²) in [6.45, 7) is 7.23. The van der Waals surface area contributed by atoms with E-state index in [1.54, 1.807) is 43.3 Å². The van der Waals surface area contributed by atoms with Gasteiger partial charge >= 0.3 is 0 Å². The summed E-state index contributed by atoms with van der Waals surface area (Å²) < 4.78 is 28.9. The fourth-order valence-electron chi connectivity index (χ4n) is 4.44. The highest BCUT2D eigenvalue weighted by Gasteiger charge is 2.34. The molecule has 0 spiro atoms. The number of nitrogens with zero attached hydrogens (tertiary/aromatic N) is 2. The molecule has 0 heterocycles. The summed E-state index contributed by atoms with van der Waals surface area (Å²) in [4.78, 5) is 29.0. The van der Waals surface area contributed by atoms with E-state index in [2.05, 4.69) is 5.32 Å². The second kappa shape index (κ2) is 14.3. The van der Waals surface area contributed by atoms with Crippen molar-refractivity contribution in [2.75, 3.05) is 17.4 Å². The van der Waals surface area contributed by atoms with Crippen molar-refractivity contribution >= 4 is 39.1 Å². The van der Waals surface area contributed by atoms with E-state index in [0.717, 1.165) is 16.3 Å². The minimum Gasteiger partial charge on any atom is -0.352 e. The molecule has 214 valence electrons. The van der Waals surface area contributed by atoms with Gasteiger partial charge in [0.1, 0.15) is 12.6 Å². The molecular formula is C31H38ClN3O4S. The van der Waals surface area contributed by atoms with E-state index in [1.807, 2.05) is 51.1 Å². The number of hydrogen-bond acceptors (Lipinski definition) is 4. The van der Waals surface area contributed by atoms with Crippen LogP contribution >= 0.6 is 11.6 Å². The van der Waals surface area contributed by atoms with E-state index in [-0.39, 0.29) is 23.4 Å². The summed E-state index contributed by atoms with van der Waals surface area (Å²) in [6.07, 6.45) is 1.64. The standard InChI is InChI=1S/C31H38ClN3O4S/c1-5-23(3)33-31(37)28(6-2)34(21-20-25-14-9-7-10-15-25)30(36)22-35(29-19-13-18-27(32)24(29)4)40(38,39)26-16-11-8-12-17-26/h7-19,23,28H,5-6,20-22H2,1-4H3,(H,33,37)/t23-,28+/m0/s1. The number of nitrogens with one attached hydrogen (secondary N) is 1. The lowest BCUT2D eigenvalue weighted by Gasteiger charge is -2.34. The predicted molar refractivity (Wildman–Crippen MR) is 161 cm³/mol. The van der Waals surface area contributed by atoms with Crippen LogP contribution < -0.4 is 9.62 Å². The van der Waals surface area contributed by atoms with Crippen molar-refractivity contribution in [2.45, 2.75) is 63.9 Å². The van der Waals surface area contributed by atoms with Gasteiger partial charge in [-0.15, -0.1) is 0 Å². The highest BCUT2D eigenvalue weighted by atomic mass is 35.5. The van der Waals surface area contributed by atoms with E-state index in [0.29, 0.717) is 29.1 Å². The van der Waals surface area contributed by atoms with Crippen LogP contribution in [0.3, 0.4) is 0 Å². The highest BCUT2D eigenvalue weighted by Crippen LogP contribution is 2.31. The molecule has 0 unspecified atom stereocenters. The number of benzene rings is 3. The normalized spacial score (nSPS) is 12.8. The minimum absolute atomic E-state index is 0.0552. The fourth-order valence-corrected chi connectivity index (χ4v) is 6.10. The Morgan fingerprint density at radius 2 is 1.52 bits per heavy atom. The van der Waals surface area contributed by atoms with Crippen molar-refractivity contribution in [2.24, 2.45) is 0 Å². The third-order valence-electron chi connectivity index (χ3n) is 6.99. The average Bonchev–Trinajstić information content (AvgIpc) is 2.96. The summed E-state index contributed by atoms with van der Waals surface area (Å²) in [5.41, 5.74) is 1.86. The van der Waals surface area contributed by atoms with Gasteiger partial charge in [0, 0.05) is 17.6 Å². The van der Waals surface area contributed by atoms with Gasteiger partial charge in [-0.25, -0.2) is 8.42 Å². The average molecular weight is 584 g/mol. The van der Waals surface area contributed by atoms with Crippen LogP contribution in [0.15, 0.2) is 83.8 Å². The van der Waals surface area contributed by atoms with E-state index in [1.165, 1.54) is 17.0 Å². The fraction of sp³-hybridized carbons (Fsp3) is 0.355. The van der Waals surface area contributed by atoms with Gasteiger partial charge in [0.15, 0.2) is 0 Å². The topological polar surface area (TPSA) is 86.8 Å². The van der Waals surface area contributed by atoms with Crippen LogP contribution in [0.2, 0.25) is 5.02 Å². The van der Waals surface area contributed by atoms with E-state index in [9.17, 15) is 18.0 Å². The lowest BCUT2D eigenvalue weighted by atomic mass is 10.1. The minimum atomic E-state index is -4.14. The van der Waals surface area contributed by atoms with Crippen molar-refractivity contribution in [3.8, 4) is 0 Å². The van der Waals surface area contributed by atoms with Crippen LogP contribution in [0.25, 0.3) is 0 Å². The van der Waals surface area contributed by atoms with Gasteiger partial charge in [-0.3, -0.25) is 13.9 Å². The van der Waals surface area contributed by atoms with E-state index in [4.69, 9.17) is 11.6 Å². The molecule has 7 nitrogen and oxygen atoms in total. The molecule has 0 saturated heterocycles. The molecule has 2 amide bonds. The van der Waals surface area contributed by atoms with Gasteiger partial charge in [0.2, 0.25) is 11.8 Å². The van der Waals surface area contributed by atoms with Crippen LogP contribution in [-0.4, -0.2) is 50.3 Å². The first kappa shape index (κ1) is 31.2. The maximum absolute atomic E-state index is 14.1. The monoisotopic (exact) mass is 583 g/mol. The molecule has 0 aliphatic carbocycles. The second-order valence-corrected chi connectivity index (χ2v) is 12.0. The Labute approximate surface area is 243 Å². The Kier molecular flexibility index (Phi) is 11.2. The van der Waals surface area contributed by atoms with Crippen LogP contribution in [-0.2, 0) is 26.0 Å². The zero-order valence-corrected chi connectivity index (χ0v) is 25.1. The largest absolute Gasteiger partial charge is 0.352 e. The summed E-state index contributed by atoms with van der Waals surface area (Å²) >= 11 is 6.38. The van der Waals surface area contributed by atoms with Crippen molar-refractivity contribution in [1.82, 2.24) is 10.2 Å². The molecule has 0 aliphatic rings. The zero-order valence-electron chi connectivity index (χ0n) is 23.5. The van der Waals surface area contributed by atoms with Gasteiger partial charge in [0.25, 0.3) is 10.0 Å². The van der Waals surface area contributed by atoms with Crippen LogP contribution in [0, 0.1) is 6.92 Å². The molecule has 0 aromatic heterocycles. The Balaban J connectivity index is 2.04. The van der Waals surface area contributed by atoms with Crippen LogP contribution in [0.4, 0.5) is 5.69 Å². The Hall–Kier alpha value is -3.36. The molecule has 40 heavy (non-hydrogen) atoms. The Bertz CT molecular complexity index is 1380. The SMILES string of the molecule is CC[C@H](C(=O)N[C@@H](C)CC)N(CCc1ccccc1)C(=O)CN(c1cccc(Cl)c1C)S(=O)(=O)c1ccccc1. The Morgan fingerprint density at radius 3 is 2.12 bits per heavy atom. The molecule has 0 bridgehead atoms. The smallest absolute Gasteiger partial charge is 0.264 e. The number of anilines is 1. The molecule has 0 aliphatic heterocycles. The zero-order chi connectivity index (χ0) is 29.3. The first-order valence-corrected chi connectivity index (χ1v) is 15.4. The number of hydrogen-bond donors (Lipinski definition) is 1. The third kappa shape index (κ3) is 7.64. The number of amides is 2. The summed E-state index contributed by atoms with van der Waals surface area (Å²) in [5.74, 6) is -0.726. The summed E-state index contributed by atoms with van der Waals surface area (Å²) in [5, 5.41) is 3.38. The van der Waals surface area contributed by atoms with Gasteiger partial charge in [0.05, 0.1) is 10.6 Å². The quantitative estimate of drug-likeness (QED) is 0.283. The van der Waals surface area contributed by atoms with E-state index >= 15 is 0 Å². The molecule has 3 rings (SSSR count). The summed E-state index contributed by atoms with van der Waals surface area (Å²) in [7, 11) is -4.14. The number of halogens is 1. The first-order valence-electron chi connectivity index (χ1n) is 13.6. The van der Waals surface area contributed by atoms with Crippen LogP contribution in [0.5, 0.6) is 0 Å². The molecule has 3 aromatic carbocycles. The van der Waals surface area contributed by atoms with Gasteiger partial charge in [-0.2, -0.15) is 0 Å². The maximum Gasteiger partial charge on any atom is 0.264 e. The lowest BCUT2D eigenvalue weighted by Crippen LogP contribution is -2.54. The van der Waals surface area contributed by atoms with E-state index < -0.39 is 28.5 Å². The highest BCUT2D eigenvalue weighted by molar-refractivity contribution is 7.92. The summed E-state index contributed by atoms with van der Waals surface area (Å²) in [6, 6.07) is 21.8. The molecule has 2 atom stereocenters. The predicted octanol–water partition coefficient (Wildman–Crippen LogP) is 5.61. The van der Waals surface area contributed by atoms with Gasteiger partial charge in [-0.1, -0.05) is 80.0 Å². The maximum atomic E-state index is 14.1. The molecule has 9 heteroatoms. The lowest BCUT2D eigenvalue weighted by molar-refractivity contribution is -0.139. The van der Waals surface area contributed by atoms with Gasteiger partial charge in [-0.05, 0) is 68.5 Å². The molecule has 0 radical (unpaired) electrons. The van der Waals surface area contributed by atoms with Crippen molar-refractivity contribution in [1.29, 1.82) is 0 Å². The third-order valence-corrected chi connectivity index (χ3v) is 9.17. The van der Waals surface area contributed by atoms with Crippen molar-refractivity contribution in [3.63, 3.8) is 0 Å².